The Balaban J connectivity index is 1.34. The molecule has 2 aromatic heterocycles. The van der Waals surface area contributed by atoms with Crippen LogP contribution in [0.5, 0.6) is 0 Å². The highest BCUT2D eigenvalue weighted by molar-refractivity contribution is 7.70. The predicted molar refractivity (Wildman–Crippen MR) is 164 cm³/mol. The Hall–Kier alpha value is -2.56. The van der Waals surface area contributed by atoms with Crippen LogP contribution in [0.25, 0.3) is 5.65 Å². The number of ether oxygens (including phenoxy) is 5. The Morgan fingerprint density at radius 2 is 1.64 bits per heavy atom. The minimum Gasteiger partial charge on any atom is -0.432 e. The second-order valence-electron chi connectivity index (χ2n) is 11.4. The topological polar surface area (TPSA) is 217 Å². The van der Waals surface area contributed by atoms with E-state index >= 15 is 0 Å². The summed E-state index contributed by atoms with van der Waals surface area (Å²) in [6.07, 6.45) is 2.51. The van der Waals surface area contributed by atoms with Gasteiger partial charge in [-0.25, -0.2) is 19.1 Å². The highest BCUT2D eigenvalue weighted by atomic mass is 35.5. The maximum atomic E-state index is 13.3. The molecule has 47 heavy (non-hydrogen) atoms. The van der Waals surface area contributed by atoms with E-state index in [1.807, 2.05) is 0 Å². The number of carbonyl (C=O) groups is 2. The van der Waals surface area contributed by atoms with Crippen molar-refractivity contribution in [2.24, 2.45) is 0 Å². The van der Waals surface area contributed by atoms with E-state index in [2.05, 4.69) is 29.9 Å². The van der Waals surface area contributed by atoms with E-state index in [9.17, 15) is 23.6 Å². The zero-order chi connectivity index (χ0) is 34.2. The monoisotopic (exact) mass is 727 g/mol. The fourth-order valence-electron chi connectivity index (χ4n) is 4.84. The number of anilines is 1. The molecule has 264 valence electrons. The van der Waals surface area contributed by atoms with E-state index in [-0.39, 0.29) is 17.9 Å². The van der Waals surface area contributed by atoms with Crippen LogP contribution in [-0.4, -0.2) is 87.2 Å². The van der Waals surface area contributed by atoms with E-state index in [1.165, 1.54) is 0 Å². The standard InChI is InChI=1S/C26H40ClN5O13P2/c1-16(2)43-25(33)38-13-41-47(37,42-14-39-26(34)44-17(3)4)15-46(35,36)40-12-19-9-10-21(45-19)20-11-28-23-22(29-18-7-5-6-8-18)30-24(27)31-32(20)23/h11,16-19,21H,5-10,12-15H2,1-4H3,(H,35,36)(H,29,30,31)/t19-,21+/m0/s1. The Morgan fingerprint density at radius 1 is 1.02 bits per heavy atom. The van der Waals surface area contributed by atoms with Crippen LogP contribution in [0, 0.1) is 0 Å². The van der Waals surface area contributed by atoms with Gasteiger partial charge >= 0.3 is 27.5 Å². The lowest BCUT2D eigenvalue weighted by molar-refractivity contribution is -0.0298. The first-order chi connectivity index (χ1) is 22.2. The molecule has 18 nitrogen and oxygen atoms in total. The van der Waals surface area contributed by atoms with E-state index in [4.69, 9.17) is 39.4 Å². The van der Waals surface area contributed by atoms with E-state index < -0.39 is 71.4 Å². The van der Waals surface area contributed by atoms with Gasteiger partial charge in [0.1, 0.15) is 6.10 Å². The van der Waals surface area contributed by atoms with Crippen LogP contribution < -0.4 is 5.32 Å². The molecule has 1 unspecified atom stereocenters. The SMILES string of the molecule is CC(C)OC(=O)OCOP(=O)(CP(=O)(O)OC[C@@H]1CC[C@H](c2cnc3c(NC4CCCC4)nc(Cl)nn23)O1)OCOC(=O)OC(C)C. The fourth-order valence-corrected chi connectivity index (χ4v) is 8.63. The molecular formula is C26H40ClN5O13P2. The molecule has 3 atom stereocenters. The number of nitrogens with zero attached hydrogens (tertiary/aromatic N) is 4. The summed E-state index contributed by atoms with van der Waals surface area (Å²) >= 11 is 6.22. The number of rotatable bonds is 16. The summed E-state index contributed by atoms with van der Waals surface area (Å²) in [5, 5.41) is 7.74. The molecule has 1 saturated carbocycles. The molecule has 2 aliphatic rings. The highest BCUT2D eigenvalue weighted by Gasteiger charge is 2.39. The number of halogens is 1. The molecule has 4 rings (SSSR count). The summed E-state index contributed by atoms with van der Waals surface area (Å²) in [6.45, 7) is 4.03. The smallest absolute Gasteiger partial charge is 0.432 e. The van der Waals surface area contributed by atoms with E-state index in [0.717, 1.165) is 25.7 Å². The van der Waals surface area contributed by atoms with Crippen molar-refractivity contribution in [1.82, 2.24) is 19.6 Å². The summed E-state index contributed by atoms with van der Waals surface area (Å²) in [5.74, 6) is -0.638. The second-order valence-corrected chi connectivity index (χ2v) is 16.1. The van der Waals surface area contributed by atoms with Crippen molar-refractivity contribution >= 4 is 50.6 Å². The van der Waals surface area contributed by atoms with Crippen LogP contribution in [-0.2, 0) is 46.4 Å². The van der Waals surface area contributed by atoms with Crippen LogP contribution in [0.2, 0.25) is 5.28 Å². The summed E-state index contributed by atoms with van der Waals surface area (Å²) in [4.78, 5) is 42.7. The van der Waals surface area contributed by atoms with Gasteiger partial charge in [-0.15, -0.1) is 5.10 Å². The molecule has 21 heteroatoms. The molecule has 0 aromatic carbocycles. The predicted octanol–water partition coefficient (Wildman–Crippen LogP) is 5.78. The molecule has 0 bridgehead atoms. The number of hydrogen-bond donors (Lipinski definition) is 2. The minimum atomic E-state index is -4.69. The van der Waals surface area contributed by atoms with Crippen molar-refractivity contribution in [2.75, 3.05) is 31.4 Å². The lowest BCUT2D eigenvalue weighted by Crippen LogP contribution is -2.18. The number of nitrogens with one attached hydrogen (secondary N) is 1. The molecular weight excluding hydrogens is 688 g/mol. The zero-order valence-corrected chi connectivity index (χ0v) is 29.0. The Bertz CT molecular complexity index is 1440. The van der Waals surface area contributed by atoms with Gasteiger partial charge in [-0.3, -0.25) is 18.2 Å². The lowest BCUT2D eigenvalue weighted by Gasteiger charge is -2.22. The zero-order valence-electron chi connectivity index (χ0n) is 26.4. The van der Waals surface area contributed by atoms with Gasteiger partial charge in [0.05, 0.1) is 36.8 Å². The summed E-state index contributed by atoms with van der Waals surface area (Å²) in [7, 11) is -9.26. The van der Waals surface area contributed by atoms with Crippen LogP contribution in [0.1, 0.15) is 78.0 Å². The molecule has 2 aromatic rings. The van der Waals surface area contributed by atoms with Crippen molar-refractivity contribution in [2.45, 2.75) is 96.7 Å². The Morgan fingerprint density at radius 3 is 2.23 bits per heavy atom. The van der Waals surface area contributed by atoms with E-state index in [1.54, 1.807) is 38.4 Å². The van der Waals surface area contributed by atoms with Gasteiger partial charge in [0.15, 0.2) is 17.4 Å². The van der Waals surface area contributed by atoms with Gasteiger partial charge < -0.3 is 38.4 Å². The summed E-state index contributed by atoms with van der Waals surface area (Å²) in [6, 6.07) is 0.275. The molecule has 2 N–H and O–H groups in total. The van der Waals surface area contributed by atoms with Gasteiger partial charge in [0.2, 0.25) is 18.9 Å². The molecule has 3 heterocycles. The lowest BCUT2D eigenvalue weighted by atomic mass is 10.1. The fraction of sp³-hybridized carbons (Fsp3) is 0.731. The maximum absolute atomic E-state index is 13.3. The summed E-state index contributed by atoms with van der Waals surface area (Å²) < 4.78 is 68.2. The van der Waals surface area contributed by atoms with Gasteiger partial charge in [0.25, 0.3) is 0 Å². The van der Waals surface area contributed by atoms with Crippen LogP contribution >= 0.6 is 26.8 Å². The average Bonchev–Trinajstić information content (AvgIpc) is 3.72. The first kappa shape index (κ1) is 37.3. The number of hydrogen-bond acceptors (Lipinski definition) is 16. The normalized spacial score (nSPS) is 20.1. The number of imidazole rings is 1. The van der Waals surface area contributed by atoms with Gasteiger partial charge in [-0.05, 0) is 65.0 Å². The van der Waals surface area contributed by atoms with Crippen molar-refractivity contribution in [3.8, 4) is 0 Å². The number of aromatic nitrogens is 4. The first-order valence-corrected chi connectivity index (χ1v) is 18.9. The largest absolute Gasteiger partial charge is 0.510 e. The maximum Gasteiger partial charge on any atom is 0.510 e. The second kappa shape index (κ2) is 16.7. The molecule has 0 spiro atoms. The van der Waals surface area contributed by atoms with Gasteiger partial charge in [-0.2, -0.15) is 4.98 Å². The quantitative estimate of drug-likeness (QED) is 0.119. The third kappa shape index (κ3) is 11.5. The average molecular weight is 728 g/mol. The Kier molecular flexibility index (Phi) is 13.2. The van der Waals surface area contributed by atoms with Gasteiger partial charge in [-0.1, -0.05) is 12.8 Å². The summed E-state index contributed by atoms with van der Waals surface area (Å²) in [5.41, 5.74) is 1.12. The highest BCUT2D eigenvalue weighted by Crippen LogP contribution is 2.61. The van der Waals surface area contributed by atoms with Crippen LogP contribution in [0.4, 0.5) is 15.4 Å². The molecule has 1 saturated heterocycles. The van der Waals surface area contributed by atoms with Crippen LogP contribution in [0.3, 0.4) is 0 Å². The molecule has 1 aliphatic heterocycles. The number of fused-ring (bicyclic) bond motifs is 1. The molecule has 0 amide bonds. The molecule has 2 fully saturated rings. The van der Waals surface area contributed by atoms with Crippen LogP contribution in [0.15, 0.2) is 6.20 Å². The van der Waals surface area contributed by atoms with Crippen molar-refractivity contribution < 1.29 is 60.9 Å². The first-order valence-electron chi connectivity index (χ1n) is 15.1. The third-order valence-electron chi connectivity index (χ3n) is 6.83. The number of carbonyl (C=O) groups excluding carboxylic acids is 2. The molecule has 0 radical (unpaired) electrons. The van der Waals surface area contributed by atoms with Crippen molar-refractivity contribution in [1.29, 1.82) is 0 Å². The minimum absolute atomic E-state index is 0.0367. The van der Waals surface area contributed by atoms with Crippen molar-refractivity contribution in [3.63, 3.8) is 0 Å². The molecule has 1 aliphatic carbocycles. The van der Waals surface area contributed by atoms with Crippen molar-refractivity contribution in [3.05, 3.63) is 17.2 Å². The Labute approximate surface area is 276 Å². The van der Waals surface area contributed by atoms with Gasteiger partial charge in [0, 0.05) is 6.04 Å². The third-order valence-corrected chi connectivity index (χ3v) is 11.4. The van der Waals surface area contributed by atoms with E-state index in [0.29, 0.717) is 30.0 Å².